The normalized spacial score (nSPS) is 21.2. The molecule has 0 aromatic heterocycles. The van der Waals surface area contributed by atoms with Crippen LogP contribution in [0.25, 0.3) is 0 Å². The number of benzene rings is 1. The van der Waals surface area contributed by atoms with Crippen LogP contribution >= 0.6 is 0 Å². The van der Waals surface area contributed by atoms with Gasteiger partial charge in [-0.25, -0.2) is 0 Å². The van der Waals surface area contributed by atoms with Gasteiger partial charge in [0.05, 0.1) is 5.92 Å². The average Bonchev–Trinajstić information content (AvgIpc) is 2.94. The molecule has 0 spiro atoms. The van der Waals surface area contributed by atoms with E-state index in [1.54, 1.807) is 4.90 Å². The first-order valence-corrected chi connectivity index (χ1v) is 7.04. The van der Waals surface area contributed by atoms with Crippen LogP contribution in [0.2, 0.25) is 0 Å². The van der Waals surface area contributed by atoms with Gasteiger partial charge in [-0.3, -0.25) is 9.59 Å². The number of aliphatic carboxylic acids is 1. The largest absolute Gasteiger partial charge is 0.481 e. The highest BCUT2D eigenvalue weighted by atomic mass is 16.4. The van der Waals surface area contributed by atoms with Crippen molar-refractivity contribution in [1.82, 2.24) is 4.90 Å². The third kappa shape index (κ3) is 2.35. The molecule has 1 saturated heterocycles. The molecule has 3 rings (SSSR count). The number of anilines is 1. The van der Waals surface area contributed by atoms with Gasteiger partial charge in [-0.1, -0.05) is 0 Å². The number of carbonyl (C=O) groups is 2. The van der Waals surface area contributed by atoms with Crippen molar-refractivity contribution in [3.63, 3.8) is 0 Å². The van der Waals surface area contributed by atoms with Crippen LogP contribution < -0.4 is 5.32 Å². The molecule has 0 saturated carbocycles. The third-order valence-electron chi connectivity index (χ3n) is 4.12. The van der Waals surface area contributed by atoms with Gasteiger partial charge in [0, 0.05) is 30.9 Å². The van der Waals surface area contributed by atoms with Crippen molar-refractivity contribution >= 4 is 17.6 Å². The molecule has 5 nitrogen and oxygen atoms in total. The summed E-state index contributed by atoms with van der Waals surface area (Å²) in [6.45, 7) is 1.89. The number of carboxylic acid groups (broad SMARTS) is 1. The zero-order valence-corrected chi connectivity index (χ0v) is 11.3. The van der Waals surface area contributed by atoms with E-state index in [9.17, 15) is 9.59 Å². The highest BCUT2D eigenvalue weighted by molar-refractivity contribution is 5.95. The van der Waals surface area contributed by atoms with Crippen molar-refractivity contribution < 1.29 is 14.7 Å². The summed E-state index contributed by atoms with van der Waals surface area (Å²) in [5.41, 5.74) is 2.93. The number of likely N-dealkylation sites (tertiary alicyclic amines) is 1. The zero-order chi connectivity index (χ0) is 14.1. The van der Waals surface area contributed by atoms with E-state index in [-0.39, 0.29) is 5.91 Å². The number of nitrogens with one attached hydrogen (secondary N) is 1. The van der Waals surface area contributed by atoms with Crippen LogP contribution in [0.5, 0.6) is 0 Å². The smallest absolute Gasteiger partial charge is 0.308 e. The monoisotopic (exact) mass is 274 g/mol. The van der Waals surface area contributed by atoms with Gasteiger partial charge in [-0.05, 0) is 43.0 Å². The Hall–Kier alpha value is -2.04. The molecule has 1 amide bonds. The fraction of sp³-hybridized carbons (Fsp3) is 0.467. The van der Waals surface area contributed by atoms with Crippen LogP contribution in [0.15, 0.2) is 18.2 Å². The van der Waals surface area contributed by atoms with Crippen molar-refractivity contribution in [2.24, 2.45) is 5.92 Å². The SMILES string of the molecule is O=C(O)C1CCCN(C(=O)c2ccc3c(c2)CCN3)C1. The fourth-order valence-electron chi connectivity index (χ4n) is 2.98. The van der Waals surface area contributed by atoms with Gasteiger partial charge in [0.2, 0.25) is 0 Å². The number of fused-ring (bicyclic) bond motifs is 1. The molecule has 0 radical (unpaired) electrons. The predicted molar refractivity (Wildman–Crippen MR) is 74.9 cm³/mol. The minimum atomic E-state index is -0.805. The molecule has 5 heteroatoms. The quantitative estimate of drug-likeness (QED) is 0.859. The molecule has 0 bridgehead atoms. The first-order valence-electron chi connectivity index (χ1n) is 7.04. The number of nitrogens with zero attached hydrogens (tertiary/aromatic N) is 1. The maximum atomic E-state index is 12.5. The minimum Gasteiger partial charge on any atom is -0.481 e. The minimum absolute atomic E-state index is 0.0503. The molecule has 2 aliphatic rings. The summed E-state index contributed by atoms with van der Waals surface area (Å²) in [5.74, 6) is -1.28. The second-order valence-electron chi connectivity index (χ2n) is 5.48. The van der Waals surface area contributed by atoms with Gasteiger partial charge in [0.25, 0.3) is 5.91 Å². The van der Waals surface area contributed by atoms with Crippen molar-refractivity contribution in [3.8, 4) is 0 Å². The van der Waals surface area contributed by atoms with Crippen molar-refractivity contribution in [2.75, 3.05) is 25.0 Å². The number of piperidine rings is 1. The zero-order valence-electron chi connectivity index (χ0n) is 11.3. The molecule has 0 aliphatic carbocycles. The third-order valence-corrected chi connectivity index (χ3v) is 4.12. The van der Waals surface area contributed by atoms with Crippen molar-refractivity contribution in [3.05, 3.63) is 29.3 Å². The van der Waals surface area contributed by atoms with E-state index in [2.05, 4.69) is 5.32 Å². The number of hydrogen-bond acceptors (Lipinski definition) is 3. The summed E-state index contributed by atoms with van der Waals surface area (Å²) in [7, 11) is 0. The summed E-state index contributed by atoms with van der Waals surface area (Å²) in [5, 5.41) is 12.4. The Balaban J connectivity index is 1.76. The van der Waals surface area contributed by atoms with E-state index in [1.807, 2.05) is 18.2 Å². The van der Waals surface area contributed by atoms with Crippen molar-refractivity contribution in [2.45, 2.75) is 19.3 Å². The molecule has 20 heavy (non-hydrogen) atoms. The lowest BCUT2D eigenvalue weighted by Crippen LogP contribution is -2.42. The van der Waals surface area contributed by atoms with Gasteiger partial charge < -0.3 is 15.3 Å². The average molecular weight is 274 g/mol. The van der Waals surface area contributed by atoms with Crippen LogP contribution in [0.4, 0.5) is 5.69 Å². The van der Waals surface area contributed by atoms with Gasteiger partial charge in [0.15, 0.2) is 0 Å². The second-order valence-corrected chi connectivity index (χ2v) is 5.48. The summed E-state index contributed by atoms with van der Waals surface area (Å²) < 4.78 is 0. The maximum absolute atomic E-state index is 12.5. The van der Waals surface area contributed by atoms with Crippen LogP contribution in [0.3, 0.4) is 0 Å². The van der Waals surface area contributed by atoms with E-state index in [0.29, 0.717) is 25.1 Å². The Bertz CT molecular complexity index is 556. The molecule has 1 atom stereocenters. The van der Waals surface area contributed by atoms with E-state index in [4.69, 9.17) is 5.11 Å². The lowest BCUT2D eigenvalue weighted by Gasteiger charge is -2.30. The molecule has 2 heterocycles. The Kier molecular flexibility index (Phi) is 3.34. The molecule has 1 aromatic carbocycles. The highest BCUT2D eigenvalue weighted by Crippen LogP contribution is 2.25. The van der Waals surface area contributed by atoms with Crippen molar-refractivity contribution in [1.29, 1.82) is 0 Å². The molecule has 1 aromatic rings. The Morgan fingerprint density at radius 1 is 1.35 bits per heavy atom. The standard InChI is InChI=1S/C15H18N2O3/c18-14(17-7-1-2-12(9-17)15(19)20)11-3-4-13-10(8-11)5-6-16-13/h3-4,8,12,16H,1-2,5-7,9H2,(H,19,20). The lowest BCUT2D eigenvalue weighted by molar-refractivity contribution is -0.143. The van der Waals surface area contributed by atoms with E-state index < -0.39 is 11.9 Å². The predicted octanol–water partition coefficient (Wildman–Crippen LogP) is 1.59. The van der Waals surface area contributed by atoms with Gasteiger partial charge in [-0.2, -0.15) is 0 Å². The Labute approximate surface area is 117 Å². The van der Waals surface area contributed by atoms with E-state index >= 15 is 0 Å². The van der Waals surface area contributed by atoms with Gasteiger partial charge in [-0.15, -0.1) is 0 Å². The summed E-state index contributed by atoms with van der Waals surface area (Å²) in [4.78, 5) is 25.2. The number of hydrogen-bond donors (Lipinski definition) is 2. The van der Waals surface area contributed by atoms with Crippen LogP contribution in [-0.2, 0) is 11.2 Å². The Morgan fingerprint density at radius 3 is 3.00 bits per heavy atom. The van der Waals surface area contributed by atoms with Crippen LogP contribution in [-0.4, -0.2) is 41.5 Å². The molecule has 1 fully saturated rings. The van der Waals surface area contributed by atoms with E-state index in [0.717, 1.165) is 25.1 Å². The molecule has 1 unspecified atom stereocenters. The number of rotatable bonds is 2. The molecule has 106 valence electrons. The van der Waals surface area contributed by atoms with Gasteiger partial charge in [0.1, 0.15) is 0 Å². The molecule has 2 aliphatic heterocycles. The van der Waals surface area contributed by atoms with E-state index in [1.165, 1.54) is 5.56 Å². The fourth-order valence-corrected chi connectivity index (χ4v) is 2.98. The topological polar surface area (TPSA) is 69.6 Å². The number of carbonyl (C=O) groups excluding carboxylic acids is 1. The van der Waals surface area contributed by atoms with Crippen LogP contribution in [0, 0.1) is 5.92 Å². The lowest BCUT2D eigenvalue weighted by atomic mass is 9.97. The molecular formula is C15H18N2O3. The Morgan fingerprint density at radius 2 is 2.20 bits per heavy atom. The van der Waals surface area contributed by atoms with Gasteiger partial charge >= 0.3 is 5.97 Å². The summed E-state index contributed by atoms with van der Waals surface area (Å²) in [6, 6.07) is 5.69. The number of amides is 1. The first kappa shape index (κ1) is 13.0. The molecule has 2 N–H and O–H groups in total. The summed E-state index contributed by atoms with van der Waals surface area (Å²) >= 11 is 0. The summed E-state index contributed by atoms with van der Waals surface area (Å²) in [6.07, 6.45) is 2.36. The van der Waals surface area contributed by atoms with Crippen LogP contribution in [0.1, 0.15) is 28.8 Å². The second kappa shape index (κ2) is 5.15. The number of carboxylic acids is 1. The molecular weight excluding hydrogens is 256 g/mol. The first-order chi connectivity index (χ1) is 9.65. The highest BCUT2D eigenvalue weighted by Gasteiger charge is 2.29. The maximum Gasteiger partial charge on any atom is 0.308 e.